The average molecular weight is 391 g/mol. The van der Waals surface area contributed by atoms with Gasteiger partial charge in [-0.2, -0.15) is 5.10 Å². The SMILES string of the molecule is O=c1ccc(-c2cccc3ccccc23)nn1Cc1ccc(Br)cc1. The maximum Gasteiger partial charge on any atom is 0.267 e. The summed E-state index contributed by atoms with van der Waals surface area (Å²) in [5.74, 6) is 0. The lowest BCUT2D eigenvalue weighted by molar-refractivity contribution is 0.643. The van der Waals surface area contributed by atoms with E-state index in [1.165, 1.54) is 4.68 Å². The lowest BCUT2D eigenvalue weighted by atomic mass is 10.0. The Balaban J connectivity index is 1.79. The second kappa shape index (κ2) is 6.65. The lowest BCUT2D eigenvalue weighted by Crippen LogP contribution is -2.22. The van der Waals surface area contributed by atoms with Crippen molar-refractivity contribution in [3.63, 3.8) is 0 Å². The van der Waals surface area contributed by atoms with Gasteiger partial charge < -0.3 is 0 Å². The molecule has 0 fully saturated rings. The Morgan fingerprint density at radius 1 is 0.840 bits per heavy atom. The Kier molecular flexibility index (Phi) is 4.20. The molecule has 0 aliphatic rings. The number of rotatable bonds is 3. The van der Waals surface area contributed by atoms with Crippen molar-refractivity contribution in [2.75, 3.05) is 0 Å². The summed E-state index contributed by atoms with van der Waals surface area (Å²) in [4.78, 5) is 12.2. The first kappa shape index (κ1) is 15.8. The van der Waals surface area contributed by atoms with Gasteiger partial charge in [-0.3, -0.25) is 4.79 Å². The zero-order valence-corrected chi connectivity index (χ0v) is 15.0. The van der Waals surface area contributed by atoms with E-state index in [2.05, 4.69) is 39.2 Å². The van der Waals surface area contributed by atoms with Crippen LogP contribution >= 0.6 is 15.9 Å². The van der Waals surface area contributed by atoms with Gasteiger partial charge in [-0.05, 0) is 34.5 Å². The van der Waals surface area contributed by atoms with E-state index in [4.69, 9.17) is 0 Å². The minimum absolute atomic E-state index is 0.105. The molecule has 0 atom stereocenters. The van der Waals surface area contributed by atoms with Crippen LogP contribution in [0.15, 0.2) is 88.1 Å². The molecule has 0 saturated heterocycles. The molecule has 0 saturated carbocycles. The molecule has 4 rings (SSSR count). The molecule has 1 aromatic heterocycles. The van der Waals surface area contributed by atoms with Crippen molar-refractivity contribution in [3.05, 3.63) is 99.3 Å². The van der Waals surface area contributed by atoms with Crippen molar-refractivity contribution in [2.24, 2.45) is 0 Å². The summed E-state index contributed by atoms with van der Waals surface area (Å²) in [6, 6.07) is 25.6. The number of hydrogen-bond donors (Lipinski definition) is 0. The van der Waals surface area contributed by atoms with E-state index in [1.807, 2.05) is 48.5 Å². The van der Waals surface area contributed by atoms with Gasteiger partial charge in [0, 0.05) is 16.1 Å². The molecule has 0 amide bonds. The van der Waals surface area contributed by atoms with Gasteiger partial charge in [0.15, 0.2) is 0 Å². The normalized spacial score (nSPS) is 10.9. The van der Waals surface area contributed by atoms with Crippen LogP contribution in [0.2, 0.25) is 0 Å². The first-order valence-electron chi connectivity index (χ1n) is 8.01. The van der Waals surface area contributed by atoms with Gasteiger partial charge in [-0.1, -0.05) is 70.5 Å². The molecule has 0 unspecified atom stereocenters. The third kappa shape index (κ3) is 3.26. The highest BCUT2D eigenvalue weighted by Crippen LogP contribution is 2.26. The van der Waals surface area contributed by atoms with Gasteiger partial charge in [0.05, 0.1) is 12.2 Å². The number of halogens is 1. The van der Waals surface area contributed by atoms with E-state index < -0.39 is 0 Å². The fourth-order valence-corrected chi connectivity index (χ4v) is 3.18. The fourth-order valence-electron chi connectivity index (χ4n) is 2.92. The zero-order chi connectivity index (χ0) is 17.2. The van der Waals surface area contributed by atoms with Gasteiger partial charge in [0.2, 0.25) is 0 Å². The molecule has 0 N–H and O–H groups in total. The van der Waals surface area contributed by atoms with Crippen LogP contribution in [0.25, 0.3) is 22.0 Å². The second-order valence-electron chi connectivity index (χ2n) is 5.87. The highest BCUT2D eigenvalue weighted by atomic mass is 79.9. The van der Waals surface area contributed by atoms with Crippen LogP contribution in [-0.4, -0.2) is 9.78 Å². The van der Waals surface area contributed by atoms with Gasteiger partial charge in [0.1, 0.15) is 0 Å². The second-order valence-corrected chi connectivity index (χ2v) is 6.78. The summed E-state index contributed by atoms with van der Waals surface area (Å²) >= 11 is 3.43. The molecule has 0 bridgehead atoms. The van der Waals surface area contributed by atoms with Crippen LogP contribution in [0.1, 0.15) is 5.56 Å². The van der Waals surface area contributed by atoms with Crippen molar-refractivity contribution >= 4 is 26.7 Å². The molecule has 1 heterocycles. The monoisotopic (exact) mass is 390 g/mol. The average Bonchev–Trinajstić information content (AvgIpc) is 2.65. The van der Waals surface area contributed by atoms with E-state index in [0.29, 0.717) is 6.54 Å². The van der Waals surface area contributed by atoms with E-state index in [1.54, 1.807) is 12.1 Å². The Morgan fingerprint density at radius 2 is 1.60 bits per heavy atom. The van der Waals surface area contributed by atoms with E-state index in [-0.39, 0.29) is 5.56 Å². The Hall–Kier alpha value is -2.72. The molecule has 3 nitrogen and oxygen atoms in total. The zero-order valence-electron chi connectivity index (χ0n) is 13.4. The summed E-state index contributed by atoms with van der Waals surface area (Å²) in [7, 11) is 0. The largest absolute Gasteiger partial charge is 0.268 e. The van der Waals surface area contributed by atoms with Crippen LogP contribution in [0.5, 0.6) is 0 Å². The van der Waals surface area contributed by atoms with Gasteiger partial charge in [-0.15, -0.1) is 0 Å². The summed E-state index contributed by atoms with van der Waals surface area (Å²) in [6.07, 6.45) is 0. The molecule has 0 radical (unpaired) electrons. The Labute approximate surface area is 153 Å². The molecule has 4 heteroatoms. The minimum Gasteiger partial charge on any atom is -0.268 e. The lowest BCUT2D eigenvalue weighted by Gasteiger charge is -2.09. The minimum atomic E-state index is -0.105. The third-order valence-electron chi connectivity index (χ3n) is 4.18. The van der Waals surface area contributed by atoms with E-state index >= 15 is 0 Å². The van der Waals surface area contributed by atoms with Crippen LogP contribution in [0, 0.1) is 0 Å². The maximum atomic E-state index is 12.2. The van der Waals surface area contributed by atoms with Crippen molar-refractivity contribution in [1.29, 1.82) is 0 Å². The van der Waals surface area contributed by atoms with Crippen LogP contribution < -0.4 is 5.56 Å². The number of nitrogens with zero attached hydrogens (tertiary/aromatic N) is 2. The van der Waals surface area contributed by atoms with Crippen molar-refractivity contribution < 1.29 is 0 Å². The molecule has 3 aromatic carbocycles. The smallest absolute Gasteiger partial charge is 0.267 e. The Bertz CT molecular complexity index is 1100. The first-order valence-corrected chi connectivity index (χ1v) is 8.81. The molecular weight excluding hydrogens is 376 g/mol. The number of aromatic nitrogens is 2. The number of hydrogen-bond acceptors (Lipinski definition) is 2. The molecule has 122 valence electrons. The van der Waals surface area contributed by atoms with E-state index in [0.717, 1.165) is 32.1 Å². The maximum absolute atomic E-state index is 12.2. The molecule has 4 aromatic rings. The molecule has 0 aliphatic carbocycles. The predicted octanol–water partition coefficient (Wildman–Crippen LogP) is 4.87. The molecule has 0 aliphatic heterocycles. The molecule has 0 spiro atoms. The van der Waals surface area contributed by atoms with Crippen molar-refractivity contribution in [2.45, 2.75) is 6.54 Å². The third-order valence-corrected chi connectivity index (χ3v) is 4.71. The predicted molar refractivity (Wildman–Crippen MR) is 105 cm³/mol. The Morgan fingerprint density at radius 3 is 2.44 bits per heavy atom. The van der Waals surface area contributed by atoms with Gasteiger partial charge in [-0.25, -0.2) is 4.68 Å². The highest BCUT2D eigenvalue weighted by molar-refractivity contribution is 9.10. The van der Waals surface area contributed by atoms with Crippen LogP contribution in [0.3, 0.4) is 0 Å². The molecule has 25 heavy (non-hydrogen) atoms. The standard InChI is InChI=1S/C21H15BrN2O/c22-17-10-8-15(9-11-17)14-24-21(25)13-12-20(23-24)19-7-3-5-16-4-1-2-6-18(16)19/h1-13H,14H2. The van der Waals surface area contributed by atoms with Crippen LogP contribution in [-0.2, 0) is 6.54 Å². The first-order chi connectivity index (χ1) is 12.2. The summed E-state index contributed by atoms with van der Waals surface area (Å²) in [6.45, 7) is 0.449. The number of benzene rings is 3. The van der Waals surface area contributed by atoms with Crippen molar-refractivity contribution in [1.82, 2.24) is 9.78 Å². The molecular formula is C21H15BrN2O. The van der Waals surface area contributed by atoms with Crippen LogP contribution in [0.4, 0.5) is 0 Å². The van der Waals surface area contributed by atoms with E-state index in [9.17, 15) is 4.79 Å². The topological polar surface area (TPSA) is 34.9 Å². The number of fused-ring (bicyclic) bond motifs is 1. The fraction of sp³-hybridized carbons (Fsp3) is 0.0476. The van der Waals surface area contributed by atoms with Gasteiger partial charge >= 0.3 is 0 Å². The highest BCUT2D eigenvalue weighted by Gasteiger charge is 2.07. The quantitative estimate of drug-likeness (QED) is 0.499. The summed E-state index contributed by atoms with van der Waals surface area (Å²) in [5.41, 5.74) is 2.76. The van der Waals surface area contributed by atoms with Gasteiger partial charge in [0.25, 0.3) is 5.56 Å². The van der Waals surface area contributed by atoms with Crippen molar-refractivity contribution in [3.8, 4) is 11.3 Å². The summed E-state index contributed by atoms with van der Waals surface area (Å²) in [5, 5.41) is 6.89. The summed E-state index contributed by atoms with van der Waals surface area (Å²) < 4.78 is 2.53.